The highest BCUT2D eigenvalue weighted by atomic mass is 16.3. The van der Waals surface area contributed by atoms with Gasteiger partial charge in [-0.15, -0.1) is 0 Å². The van der Waals surface area contributed by atoms with Crippen LogP contribution in [0.2, 0.25) is 0 Å². The second kappa shape index (κ2) is 6.23. The van der Waals surface area contributed by atoms with Gasteiger partial charge in [0.1, 0.15) is 0 Å². The van der Waals surface area contributed by atoms with Gasteiger partial charge in [0, 0.05) is 5.92 Å². The lowest BCUT2D eigenvalue weighted by atomic mass is 9.89. The summed E-state index contributed by atoms with van der Waals surface area (Å²) in [7, 11) is 0. The van der Waals surface area contributed by atoms with Crippen LogP contribution in [0, 0.1) is 17.8 Å². The van der Waals surface area contributed by atoms with Crippen molar-refractivity contribution in [3.8, 4) is 0 Å². The van der Waals surface area contributed by atoms with Crippen LogP contribution in [0.1, 0.15) is 52.4 Å². The Morgan fingerprint density at radius 3 is 2.95 bits per heavy atom. The second-order valence-electron chi connectivity index (χ2n) is 6.60. The summed E-state index contributed by atoms with van der Waals surface area (Å²) in [6, 6.07) is 0. The molecule has 0 bridgehead atoms. The second-order valence-corrected chi connectivity index (χ2v) is 6.60. The molecule has 0 aromatic rings. The molecule has 0 heterocycles. The van der Waals surface area contributed by atoms with Crippen LogP contribution in [0.15, 0.2) is 24.3 Å². The van der Waals surface area contributed by atoms with Gasteiger partial charge in [0.05, 0.1) is 11.7 Å². The summed E-state index contributed by atoms with van der Waals surface area (Å²) < 4.78 is 0. The average Bonchev–Trinajstić information content (AvgIpc) is 2.89. The number of aliphatic hydroxyl groups is 2. The molecule has 4 unspecified atom stereocenters. The van der Waals surface area contributed by atoms with Crippen molar-refractivity contribution in [1.29, 1.82) is 0 Å². The summed E-state index contributed by atoms with van der Waals surface area (Å²) in [4.78, 5) is 0. The first kappa shape index (κ1) is 14.8. The summed E-state index contributed by atoms with van der Waals surface area (Å²) >= 11 is 0. The number of aliphatic hydroxyl groups excluding tert-OH is 1. The van der Waals surface area contributed by atoms with Gasteiger partial charge in [0.15, 0.2) is 0 Å². The van der Waals surface area contributed by atoms with Gasteiger partial charge in [-0.2, -0.15) is 0 Å². The predicted molar refractivity (Wildman–Crippen MR) is 78.8 cm³/mol. The van der Waals surface area contributed by atoms with Crippen LogP contribution in [0.3, 0.4) is 0 Å². The molecular formula is C17H28O2. The van der Waals surface area contributed by atoms with Crippen LogP contribution in [-0.4, -0.2) is 21.9 Å². The summed E-state index contributed by atoms with van der Waals surface area (Å²) in [5.41, 5.74) is -0.594. The first-order chi connectivity index (χ1) is 9.03. The summed E-state index contributed by atoms with van der Waals surface area (Å²) in [6.45, 7) is 4.06. The third-order valence-electron chi connectivity index (χ3n) is 4.78. The minimum atomic E-state index is -0.594. The highest BCUT2D eigenvalue weighted by molar-refractivity contribution is 5.13. The predicted octanol–water partition coefficient (Wildman–Crippen LogP) is 3.45. The Hall–Kier alpha value is -0.600. The largest absolute Gasteiger partial charge is 0.392 e. The molecule has 2 rings (SSSR count). The van der Waals surface area contributed by atoms with Gasteiger partial charge in [-0.05, 0) is 44.4 Å². The fourth-order valence-corrected chi connectivity index (χ4v) is 3.55. The summed E-state index contributed by atoms with van der Waals surface area (Å²) in [5.74, 6) is 1.44. The van der Waals surface area contributed by atoms with Gasteiger partial charge in [0.2, 0.25) is 0 Å². The van der Waals surface area contributed by atoms with E-state index in [2.05, 4.69) is 31.2 Å². The molecule has 0 aromatic heterocycles. The maximum absolute atomic E-state index is 10.2. The van der Waals surface area contributed by atoms with E-state index >= 15 is 0 Å². The average molecular weight is 264 g/mol. The van der Waals surface area contributed by atoms with E-state index in [9.17, 15) is 10.2 Å². The quantitative estimate of drug-likeness (QED) is 0.721. The molecule has 0 spiro atoms. The van der Waals surface area contributed by atoms with Gasteiger partial charge in [-0.1, -0.05) is 44.1 Å². The molecule has 0 aromatic carbocycles. The van der Waals surface area contributed by atoms with Crippen molar-refractivity contribution in [2.75, 3.05) is 0 Å². The van der Waals surface area contributed by atoms with Crippen LogP contribution >= 0.6 is 0 Å². The van der Waals surface area contributed by atoms with Crippen LogP contribution in [0.5, 0.6) is 0 Å². The first-order valence-electron chi connectivity index (χ1n) is 7.77. The van der Waals surface area contributed by atoms with Crippen molar-refractivity contribution in [3.63, 3.8) is 0 Å². The van der Waals surface area contributed by atoms with Crippen LogP contribution in [0.4, 0.5) is 0 Å². The van der Waals surface area contributed by atoms with Crippen molar-refractivity contribution in [3.05, 3.63) is 24.3 Å². The number of allylic oxidation sites excluding steroid dienone is 2. The minimum absolute atomic E-state index is 0.197. The maximum Gasteiger partial charge on any atom is 0.0654 e. The molecule has 0 aliphatic heterocycles. The molecule has 1 saturated carbocycles. The van der Waals surface area contributed by atoms with E-state index in [1.807, 2.05) is 6.92 Å². The molecule has 2 aliphatic rings. The molecular weight excluding hydrogens is 236 g/mol. The molecule has 2 heteroatoms. The molecule has 0 amide bonds. The number of fused-ring (bicyclic) bond motifs is 1. The first-order valence-corrected chi connectivity index (χ1v) is 7.77. The smallest absolute Gasteiger partial charge is 0.0654 e. The lowest BCUT2D eigenvalue weighted by molar-refractivity contribution is 0.0513. The van der Waals surface area contributed by atoms with Gasteiger partial charge in [-0.3, -0.25) is 0 Å². The standard InChI is InChI=1S/C17H28O2/c1-3-4-10-17(2,19)11-6-9-15-14-8-5-7-13(14)12-16(15)18/h5-7,9,13-16,18-19H,3-4,8,10-12H2,1-2H3/b9-6+/t13?,14?,15?,16?,17-/m0/s1. The Morgan fingerprint density at radius 1 is 1.42 bits per heavy atom. The molecule has 2 aliphatic carbocycles. The van der Waals surface area contributed by atoms with Gasteiger partial charge in [0.25, 0.3) is 0 Å². The van der Waals surface area contributed by atoms with Crippen molar-refractivity contribution in [2.45, 2.75) is 64.1 Å². The zero-order valence-corrected chi connectivity index (χ0v) is 12.3. The molecule has 5 atom stereocenters. The number of unbranched alkanes of at least 4 members (excludes halogenated alkanes) is 1. The van der Waals surface area contributed by atoms with Crippen LogP contribution in [0.25, 0.3) is 0 Å². The van der Waals surface area contributed by atoms with E-state index < -0.39 is 5.60 Å². The van der Waals surface area contributed by atoms with E-state index in [0.717, 1.165) is 32.1 Å². The Kier molecular flexibility index (Phi) is 4.86. The summed E-state index contributed by atoms with van der Waals surface area (Å²) in [6.07, 6.45) is 14.3. The SMILES string of the molecule is CCCC[C@](C)(O)C/C=C/C1C(O)CC2C=CCC21. The third-order valence-corrected chi connectivity index (χ3v) is 4.78. The fourth-order valence-electron chi connectivity index (χ4n) is 3.55. The molecule has 2 N–H and O–H groups in total. The fraction of sp³-hybridized carbons (Fsp3) is 0.765. The minimum Gasteiger partial charge on any atom is -0.392 e. The molecule has 0 radical (unpaired) electrons. The van der Waals surface area contributed by atoms with Gasteiger partial charge >= 0.3 is 0 Å². The molecule has 2 nitrogen and oxygen atoms in total. The molecule has 19 heavy (non-hydrogen) atoms. The van der Waals surface area contributed by atoms with E-state index in [-0.39, 0.29) is 12.0 Å². The third kappa shape index (κ3) is 3.70. The highest BCUT2D eigenvalue weighted by Crippen LogP contribution is 2.44. The molecule has 108 valence electrons. The lowest BCUT2D eigenvalue weighted by Gasteiger charge is -2.22. The zero-order chi connectivity index (χ0) is 13.9. The van der Waals surface area contributed by atoms with Gasteiger partial charge < -0.3 is 10.2 Å². The Balaban J connectivity index is 1.85. The molecule has 0 saturated heterocycles. The topological polar surface area (TPSA) is 40.5 Å². The Labute approximate surface area is 117 Å². The van der Waals surface area contributed by atoms with Crippen molar-refractivity contribution < 1.29 is 10.2 Å². The van der Waals surface area contributed by atoms with Gasteiger partial charge in [-0.25, -0.2) is 0 Å². The summed E-state index contributed by atoms with van der Waals surface area (Å²) in [5, 5.41) is 20.4. The van der Waals surface area contributed by atoms with Crippen molar-refractivity contribution in [2.24, 2.45) is 17.8 Å². The van der Waals surface area contributed by atoms with E-state index in [0.29, 0.717) is 18.3 Å². The monoisotopic (exact) mass is 264 g/mol. The Morgan fingerprint density at radius 2 is 2.21 bits per heavy atom. The normalized spacial score (nSPS) is 36.8. The Bertz CT molecular complexity index is 343. The van der Waals surface area contributed by atoms with Crippen molar-refractivity contribution in [1.82, 2.24) is 0 Å². The maximum atomic E-state index is 10.2. The number of rotatable bonds is 6. The van der Waals surface area contributed by atoms with E-state index in [4.69, 9.17) is 0 Å². The van der Waals surface area contributed by atoms with Crippen molar-refractivity contribution >= 4 is 0 Å². The van der Waals surface area contributed by atoms with Crippen LogP contribution < -0.4 is 0 Å². The number of hydrogen-bond donors (Lipinski definition) is 2. The van der Waals surface area contributed by atoms with E-state index in [1.54, 1.807) is 0 Å². The molecule has 1 fully saturated rings. The lowest BCUT2D eigenvalue weighted by Crippen LogP contribution is -2.23. The highest BCUT2D eigenvalue weighted by Gasteiger charge is 2.41. The van der Waals surface area contributed by atoms with Crippen LogP contribution in [-0.2, 0) is 0 Å². The number of hydrogen-bond acceptors (Lipinski definition) is 2. The van der Waals surface area contributed by atoms with E-state index in [1.165, 1.54) is 0 Å². The zero-order valence-electron chi connectivity index (χ0n) is 12.3.